The number of imidazole rings is 1. The minimum atomic E-state index is -0.293. The Balaban J connectivity index is 1.57. The van der Waals surface area contributed by atoms with Gasteiger partial charge in [0.25, 0.3) is 5.91 Å². The summed E-state index contributed by atoms with van der Waals surface area (Å²) in [4.78, 5) is 22.1. The van der Waals surface area contributed by atoms with E-state index in [1.807, 2.05) is 60.0 Å². The number of amides is 1. The number of aromatic nitrogens is 3. The van der Waals surface area contributed by atoms with Crippen LogP contribution >= 0.6 is 11.3 Å². The predicted molar refractivity (Wildman–Crippen MR) is 123 cm³/mol. The van der Waals surface area contributed by atoms with E-state index in [0.29, 0.717) is 31.4 Å². The lowest BCUT2D eigenvalue weighted by Gasteiger charge is -2.09. The summed E-state index contributed by atoms with van der Waals surface area (Å²) >= 11 is 1.40. The summed E-state index contributed by atoms with van der Waals surface area (Å²) in [6, 6.07) is 15.5. The zero-order valence-corrected chi connectivity index (χ0v) is 18.3. The first-order valence-corrected chi connectivity index (χ1v) is 11.0. The van der Waals surface area contributed by atoms with Gasteiger partial charge in [-0.2, -0.15) is 0 Å². The van der Waals surface area contributed by atoms with Crippen molar-refractivity contribution in [3.63, 3.8) is 0 Å². The van der Waals surface area contributed by atoms with E-state index in [-0.39, 0.29) is 5.91 Å². The van der Waals surface area contributed by atoms with E-state index in [0.717, 1.165) is 33.8 Å². The maximum absolute atomic E-state index is 12.9. The zero-order valence-electron chi connectivity index (χ0n) is 17.5. The summed E-state index contributed by atoms with van der Waals surface area (Å²) in [6.45, 7) is 4.02. The highest BCUT2D eigenvalue weighted by Gasteiger charge is 2.18. The maximum atomic E-state index is 12.9. The molecule has 0 bridgehead atoms. The number of fused-ring (bicyclic) bond motifs is 1. The van der Waals surface area contributed by atoms with Crippen LogP contribution in [0.5, 0.6) is 5.75 Å². The van der Waals surface area contributed by atoms with Crippen molar-refractivity contribution < 1.29 is 14.3 Å². The Bertz CT molecular complexity index is 1180. The first-order chi connectivity index (χ1) is 15.2. The number of methoxy groups -OCH3 is 1. The third-order valence-electron chi connectivity index (χ3n) is 4.83. The predicted octanol–water partition coefficient (Wildman–Crippen LogP) is 4.85. The third kappa shape index (κ3) is 4.60. The van der Waals surface area contributed by atoms with E-state index < -0.39 is 0 Å². The molecule has 7 nitrogen and oxygen atoms in total. The summed E-state index contributed by atoms with van der Waals surface area (Å²) in [6.07, 6.45) is 0.825. The molecule has 0 radical (unpaired) electrons. The first kappa shape index (κ1) is 21.0. The van der Waals surface area contributed by atoms with Gasteiger partial charge in [-0.15, -0.1) is 11.3 Å². The molecule has 1 N–H and O–H groups in total. The molecule has 0 saturated heterocycles. The second kappa shape index (κ2) is 9.72. The zero-order chi connectivity index (χ0) is 21.6. The molecule has 4 rings (SSSR count). The van der Waals surface area contributed by atoms with Gasteiger partial charge in [0.1, 0.15) is 16.5 Å². The molecule has 31 heavy (non-hydrogen) atoms. The second-order valence-electron chi connectivity index (χ2n) is 6.82. The largest absolute Gasteiger partial charge is 0.496 e. The van der Waals surface area contributed by atoms with Crippen molar-refractivity contribution in [2.75, 3.05) is 25.6 Å². The average molecular weight is 437 g/mol. The topological polar surface area (TPSA) is 78.3 Å². The fourth-order valence-corrected chi connectivity index (χ4v) is 4.18. The number of nitrogens with one attached hydrogen (secondary N) is 1. The highest BCUT2D eigenvalue weighted by atomic mass is 32.1. The lowest BCUT2D eigenvalue weighted by Crippen LogP contribution is -2.17. The molecule has 2 aromatic carbocycles. The average Bonchev–Trinajstić information content (AvgIpc) is 3.42. The van der Waals surface area contributed by atoms with Crippen LogP contribution in [-0.4, -0.2) is 40.8 Å². The smallest absolute Gasteiger partial charge is 0.277 e. The van der Waals surface area contributed by atoms with Crippen LogP contribution < -0.4 is 10.1 Å². The van der Waals surface area contributed by atoms with Crippen molar-refractivity contribution in [2.45, 2.75) is 19.9 Å². The Kier molecular flexibility index (Phi) is 6.59. The number of rotatable bonds is 9. The fraction of sp³-hybridized carbons (Fsp3) is 0.261. The highest BCUT2D eigenvalue weighted by molar-refractivity contribution is 7.13. The van der Waals surface area contributed by atoms with Gasteiger partial charge in [0.15, 0.2) is 0 Å². The quantitative estimate of drug-likeness (QED) is 0.380. The summed E-state index contributed by atoms with van der Waals surface area (Å²) in [5, 5.41) is 5.41. The van der Waals surface area contributed by atoms with E-state index in [1.54, 1.807) is 12.5 Å². The van der Waals surface area contributed by atoms with Crippen molar-refractivity contribution >= 4 is 34.2 Å². The number of ether oxygens (including phenoxy) is 2. The molecule has 1 amide bonds. The highest BCUT2D eigenvalue weighted by Crippen LogP contribution is 2.32. The van der Waals surface area contributed by atoms with E-state index in [4.69, 9.17) is 9.47 Å². The number of aryl methyl sites for hydroxylation is 1. The Labute approximate surface area is 184 Å². The Morgan fingerprint density at radius 1 is 1.13 bits per heavy atom. The normalized spacial score (nSPS) is 11.0. The molecular weight excluding hydrogens is 412 g/mol. The number of benzene rings is 2. The van der Waals surface area contributed by atoms with Crippen LogP contribution in [0.25, 0.3) is 21.6 Å². The van der Waals surface area contributed by atoms with Gasteiger partial charge in [-0.25, -0.2) is 9.97 Å². The van der Waals surface area contributed by atoms with Crippen LogP contribution in [0.1, 0.15) is 23.8 Å². The molecule has 160 valence electrons. The molecule has 4 aromatic rings. The Hall–Kier alpha value is -3.23. The monoisotopic (exact) mass is 436 g/mol. The van der Waals surface area contributed by atoms with Crippen LogP contribution in [-0.2, 0) is 11.3 Å². The van der Waals surface area contributed by atoms with Crippen LogP contribution in [0, 0.1) is 0 Å². The van der Waals surface area contributed by atoms with Gasteiger partial charge in [0, 0.05) is 25.1 Å². The summed E-state index contributed by atoms with van der Waals surface area (Å²) in [7, 11) is 1.62. The van der Waals surface area contributed by atoms with Crippen LogP contribution in [0.2, 0.25) is 0 Å². The number of nitrogens with zero attached hydrogens (tertiary/aromatic N) is 3. The molecule has 0 unspecified atom stereocenters. The van der Waals surface area contributed by atoms with Crippen molar-refractivity contribution in [2.24, 2.45) is 0 Å². The van der Waals surface area contributed by atoms with Gasteiger partial charge in [-0.1, -0.05) is 24.3 Å². The molecule has 2 aromatic heterocycles. The molecule has 0 fully saturated rings. The van der Waals surface area contributed by atoms with Gasteiger partial charge in [-0.3, -0.25) is 10.1 Å². The fourth-order valence-electron chi connectivity index (χ4n) is 3.35. The number of carbonyl (C=O) groups excluding carboxylic acids is 1. The molecule has 0 aliphatic rings. The molecule has 2 heterocycles. The lowest BCUT2D eigenvalue weighted by molar-refractivity contribution is 0.102. The second-order valence-corrected chi connectivity index (χ2v) is 7.68. The maximum Gasteiger partial charge on any atom is 0.277 e. The van der Waals surface area contributed by atoms with Gasteiger partial charge in [0.05, 0.1) is 23.7 Å². The summed E-state index contributed by atoms with van der Waals surface area (Å²) in [5.74, 6) is 0.938. The number of para-hydroxylation sites is 3. The van der Waals surface area contributed by atoms with Crippen LogP contribution in [0.3, 0.4) is 0 Å². The minimum absolute atomic E-state index is 0.293. The molecule has 0 aliphatic carbocycles. The number of thiazole rings is 1. The number of carbonyl (C=O) groups is 1. The van der Waals surface area contributed by atoms with E-state index in [9.17, 15) is 4.79 Å². The summed E-state index contributed by atoms with van der Waals surface area (Å²) in [5.41, 5.74) is 3.01. The van der Waals surface area contributed by atoms with Gasteiger partial charge < -0.3 is 14.0 Å². The molecule has 0 saturated carbocycles. The van der Waals surface area contributed by atoms with Gasteiger partial charge in [0.2, 0.25) is 5.95 Å². The minimum Gasteiger partial charge on any atom is -0.496 e. The first-order valence-electron chi connectivity index (χ1n) is 10.1. The molecule has 0 spiro atoms. The number of anilines is 1. The summed E-state index contributed by atoms with van der Waals surface area (Å²) < 4.78 is 12.9. The standard InChI is InChI=1S/C23H24N4O3S/c1-3-30-14-8-13-27-19-11-6-5-10-17(19)25-23(27)26-21(28)18-15-31-22(24-18)16-9-4-7-12-20(16)29-2/h4-7,9-12,15H,3,8,13-14H2,1-2H3,(H,25,26,28). The van der Waals surface area contributed by atoms with Crippen LogP contribution in [0.4, 0.5) is 5.95 Å². The van der Waals surface area contributed by atoms with Crippen molar-refractivity contribution in [1.29, 1.82) is 0 Å². The van der Waals surface area contributed by atoms with E-state index >= 15 is 0 Å². The lowest BCUT2D eigenvalue weighted by atomic mass is 10.2. The molecule has 8 heteroatoms. The third-order valence-corrected chi connectivity index (χ3v) is 5.70. The number of hydrogen-bond donors (Lipinski definition) is 1. The Morgan fingerprint density at radius 3 is 2.77 bits per heavy atom. The van der Waals surface area contributed by atoms with E-state index in [1.165, 1.54) is 11.3 Å². The molecule has 0 aliphatic heterocycles. The number of hydrogen-bond acceptors (Lipinski definition) is 6. The van der Waals surface area contributed by atoms with Crippen molar-refractivity contribution in [3.05, 3.63) is 59.6 Å². The molecule has 0 atom stereocenters. The molecular formula is C23H24N4O3S. The van der Waals surface area contributed by atoms with Crippen molar-refractivity contribution in [1.82, 2.24) is 14.5 Å². The van der Waals surface area contributed by atoms with E-state index in [2.05, 4.69) is 15.3 Å². The van der Waals surface area contributed by atoms with Gasteiger partial charge in [-0.05, 0) is 37.6 Å². The van der Waals surface area contributed by atoms with Crippen molar-refractivity contribution in [3.8, 4) is 16.3 Å². The van der Waals surface area contributed by atoms with Crippen LogP contribution in [0.15, 0.2) is 53.9 Å². The SMILES string of the molecule is CCOCCCn1c(NC(=O)c2csc(-c3ccccc3OC)n2)nc2ccccc21. The Morgan fingerprint density at radius 2 is 1.94 bits per heavy atom. The van der Waals surface area contributed by atoms with Gasteiger partial charge >= 0.3 is 0 Å².